The molecule has 2 amide bonds. The predicted octanol–water partition coefficient (Wildman–Crippen LogP) is -0.949. The van der Waals surface area contributed by atoms with E-state index in [4.69, 9.17) is 10.8 Å². The Balaban J connectivity index is 2.12. The molecular formula is C19H23N5O6. The van der Waals surface area contributed by atoms with Gasteiger partial charge in [0.25, 0.3) is 0 Å². The maximum Gasteiger partial charge on any atom is 0.326 e. The molecule has 0 radical (unpaired) electrons. The zero-order valence-electron chi connectivity index (χ0n) is 15.9. The Kier molecular flexibility index (Phi) is 8.06. The van der Waals surface area contributed by atoms with Crippen LogP contribution in [0.15, 0.2) is 42.9 Å². The fourth-order valence-electron chi connectivity index (χ4n) is 2.70. The molecule has 0 spiro atoms. The largest absolute Gasteiger partial charge is 0.481 e. The third-order valence-electron chi connectivity index (χ3n) is 4.23. The van der Waals surface area contributed by atoms with E-state index in [0.29, 0.717) is 11.3 Å². The Labute approximate surface area is 171 Å². The molecule has 30 heavy (non-hydrogen) atoms. The number of nitrogens with one attached hydrogen (secondary N) is 3. The topological polar surface area (TPSA) is 188 Å². The highest BCUT2D eigenvalue weighted by Gasteiger charge is 2.29. The number of H-pyrrole nitrogens is 1. The van der Waals surface area contributed by atoms with Crippen LogP contribution in [-0.4, -0.2) is 62.1 Å². The number of nitrogens with two attached hydrogens (primary N) is 1. The number of carboxylic acid groups (broad SMARTS) is 2. The van der Waals surface area contributed by atoms with Crippen LogP contribution in [0.2, 0.25) is 0 Å². The number of carbonyl (C=O) groups is 4. The quantitative estimate of drug-likeness (QED) is 0.270. The molecule has 0 saturated carbocycles. The zero-order chi connectivity index (χ0) is 22.1. The molecule has 2 aromatic rings. The number of carboxylic acids is 2. The number of imidazole rings is 1. The summed E-state index contributed by atoms with van der Waals surface area (Å²) in [6, 6.07) is 4.96. The summed E-state index contributed by atoms with van der Waals surface area (Å²) < 4.78 is 0. The standard InChI is InChI=1S/C19H23N5O6/c20-13(8-16(25)26)17(27)23-14(7-12-9-21-10-22-12)18(28)24-15(19(29)30)6-11-4-2-1-3-5-11/h1-5,9-10,13-15H,6-8,20H2,(H,21,22)(H,23,27)(H,24,28)(H,25,26)(H,29,30)/t13-,14-,15+/m0/s1. The summed E-state index contributed by atoms with van der Waals surface area (Å²) in [5.74, 6) is -4.10. The average molecular weight is 417 g/mol. The van der Waals surface area contributed by atoms with E-state index in [1.165, 1.54) is 12.5 Å². The van der Waals surface area contributed by atoms with Gasteiger partial charge in [0.2, 0.25) is 11.8 Å². The second-order valence-electron chi connectivity index (χ2n) is 6.62. The lowest BCUT2D eigenvalue weighted by Crippen LogP contribution is -2.55. The molecule has 11 nitrogen and oxygen atoms in total. The van der Waals surface area contributed by atoms with E-state index in [-0.39, 0.29) is 12.8 Å². The fourth-order valence-corrected chi connectivity index (χ4v) is 2.70. The van der Waals surface area contributed by atoms with Crippen LogP contribution < -0.4 is 16.4 Å². The van der Waals surface area contributed by atoms with Gasteiger partial charge in [0.15, 0.2) is 0 Å². The van der Waals surface area contributed by atoms with E-state index in [9.17, 15) is 24.3 Å². The number of carbonyl (C=O) groups excluding carboxylic acids is 2. The minimum absolute atomic E-state index is 0.0431. The molecule has 0 bridgehead atoms. The number of hydrogen-bond acceptors (Lipinski definition) is 6. The van der Waals surface area contributed by atoms with Gasteiger partial charge in [-0.3, -0.25) is 14.4 Å². The lowest BCUT2D eigenvalue weighted by molar-refractivity contribution is -0.142. The lowest BCUT2D eigenvalue weighted by atomic mass is 10.0. The summed E-state index contributed by atoms with van der Waals surface area (Å²) in [5, 5.41) is 23.1. The van der Waals surface area contributed by atoms with Crippen molar-refractivity contribution < 1.29 is 29.4 Å². The molecule has 7 N–H and O–H groups in total. The van der Waals surface area contributed by atoms with Crippen molar-refractivity contribution >= 4 is 23.8 Å². The van der Waals surface area contributed by atoms with Crippen LogP contribution in [0.25, 0.3) is 0 Å². The first kappa shape index (κ1) is 22.6. The van der Waals surface area contributed by atoms with Crippen molar-refractivity contribution in [1.29, 1.82) is 0 Å². The molecule has 0 saturated heterocycles. The van der Waals surface area contributed by atoms with Gasteiger partial charge in [0.05, 0.1) is 24.5 Å². The zero-order valence-corrected chi connectivity index (χ0v) is 15.9. The highest BCUT2D eigenvalue weighted by Crippen LogP contribution is 2.06. The van der Waals surface area contributed by atoms with Crippen molar-refractivity contribution in [3.05, 3.63) is 54.1 Å². The number of nitrogens with zero attached hydrogens (tertiary/aromatic N) is 1. The van der Waals surface area contributed by atoms with E-state index >= 15 is 0 Å². The molecule has 0 fully saturated rings. The van der Waals surface area contributed by atoms with Crippen LogP contribution in [0, 0.1) is 0 Å². The Morgan fingerprint density at radius 2 is 1.67 bits per heavy atom. The first-order valence-electron chi connectivity index (χ1n) is 9.08. The van der Waals surface area contributed by atoms with Crippen molar-refractivity contribution in [3.8, 4) is 0 Å². The van der Waals surface area contributed by atoms with Crippen LogP contribution in [0.1, 0.15) is 17.7 Å². The summed E-state index contributed by atoms with van der Waals surface area (Å²) in [6.45, 7) is 0. The number of benzene rings is 1. The number of aromatic nitrogens is 2. The smallest absolute Gasteiger partial charge is 0.326 e. The first-order valence-corrected chi connectivity index (χ1v) is 9.08. The van der Waals surface area contributed by atoms with Crippen molar-refractivity contribution in [2.45, 2.75) is 37.4 Å². The Morgan fingerprint density at radius 1 is 1.00 bits per heavy atom. The summed E-state index contributed by atoms with van der Waals surface area (Å²) in [4.78, 5) is 54.1. The number of aliphatic carboxylic acids is 2. The summed E-state index contributed by atoms with van der Waals surface area (Å²) >= 11 is 0. The number of aromatic amines is 1. The predicted molar refractivity (Wildman–Crippen MR) is 104 cm³/mol. The molecule has 1 aromatic carbocycles. The van der Waals surface area contributed by atoms with E-state index in [0.717, 1.165) is 0 Å². The average Bonchev–Trinajstić information content (AvgIpc) is 3.20. The molecule has 0 unspecified atom stereocenters. The molecule has 0 aliphatic carbocycles. The first-order chi connectivity index (χ1) is 14.3. The third kappa shape index (κ3) is 7.02. The van der Waals surface area contributed by atoms with Crippen LogP contribution in [0.4, 0.5) is 0 Å². The Bertz CT molecular complexity index is 871. The molecule has 160 valence electrons. The Morgan fingerprint density at radius 3 is 2.23 bits per heavy atom. The van der Waals surface area contributed by atoms with E-state index < -0.39 is 48.3 Å². The second-order valence-corrected chi connectivity index (χ2v) is 6.62. The molecule has 0 aliphatic heterocycles. The van der Waals surface area contributed by atoms with Crippen LogP contribution in [-0.2, 0) is 32.0 Å². The van der Waals surface area contributed by atoms with Gasteiger partial charge in [-0.1, -0.05) is 30.3 Å². The van der Waals surface area contributed by atoms with Gasteiger partial charge in [-0.2, -0.15) is 0 Å². The molecular weight excluding hydrogens is 394 g/mol. The number of hydrogen-bond donors (Lipinski definition) is 6. The maximum absolute atomic E-state index is 12.8. The molecule has 3 atom stereocenters. The van der Waals surface area contributed by atoms with Gasteiger partial charge < -0.3 is 31.6 Å². The minimum Gasteiger partial charge on any atom is -0.481 e. The van der Waals surface area contributed by atoms with Crippen LogP contribution >= 0.6 is 0 Å². The van der Waals surface area contributed by atoms with Gasteiger partial charge >= 0.3 is 11.9 Å². The Hall–Kier alpha value is -3.73. The normalized spacial score (nSPS) is 13.6. The molecule has 0 aliphatic rings. The minimum atomic E-state index is -1.36. The van der Waals surface area contributed by atoms with E-state index in [1.807, 2.05) is 0 Å². The van der Waals surface area contributed by atoms with Crippen molar-refractivity contribution in [2.75, 3.05) is 0 Å². The summed E-state index contributed by atoms with van der Waals surface area (Å²) in [6.07, 6.45) is 2.29. The van der Waals surface area contributed by atoms with Gasteiger partial charge in [-0.15, -0.1) is 0 Å². The van der Waals surface area contributed by atoms with Gasteiger partial charge in [0, 0.05) is 19.0 Å². The molecule has 1 heterocycles. The molecule has 1 aromatic heterocycles. The van der Waals surface area contributed by atoms with Crippen LogP contribution in [0.5, 0.6) is 0 Å². The second kappa shape index (κ2) is 10.7. The maximum atomic E-state index is 12.8. The highest BCUT2D eigenvalue weighted by molar-refractivity contribution is 5.93. The fraction of sp³-hybridized carbons (Fsp3) is 0.316. The monoisotopic (exact) mass is 417 g/mol. The summed E-state index contributed by atoms with van der Waals surface area (Å²) in [7, 11) is 0. The van der Waals surface area contributed by atoms with Gasteiger partial charge in [-0.25, -0.2) is 9.78 Å². The van der Waals surface area contributed by atoms with Crippen molar-refractivity contribution in [3.63, 3.8) is 0 Å². The van der Waals surface area contributed by atoms with E-state index in [1.54, 1.807) is 30.3 Å². The van der Waals surface area contributed by atoms with Crippen LogP contribution in [0.3, 0.4) is 0 Å². The SMILES string of the molecule is N[C@@H](CC(=O)O)C(=O)N[C@@H](Cc1c[nH]cn1)C(=O)N[C@H](Cc1ccccc1)C(=O)O. The van der Waals surface area contributed by atoms with Crippen molar-refractivity contribution in [1.82, 2.24) is 20.6 Å². The highest BCUT2D eigenvalue weighted by atomic mass is 16.4. The lowest BCUT2D eigenvalue weighted by Gasteiger charge is -2.22. The number of rotatable bonds is 11. The molecule has 11 heteroatoms. The summed E-state index contributed by atoms with van der Waals surface area (Å²) in [5.41, 5.74) is 6.70. The van der Waals surface area contributed by atoms with E-state index in [2.05, 4.69) is 20.6 Å². The van der Waals surface area contributed by atoms with Gasteiger partial charge in [-0.05, 0) is 5.56 Å². The third-order valence-corrected chi connectivity index (χ3v) is 4.23. The van der Waals surface area contributed by atoms with Crippen molar-refractivity contribution in [2.24, 2.45) is 5.73 Å². The molecule has 2 rings (SSSR count). The van der Waals surface area contributed by atoms with Gasteiger partial charge in [0.1, 0.15) is 12.1 Å². The number of amides is 2.